The number of hydrogen-bond acceptors (Lipinski definition) is 5. The van der Waals surface area contributed by atoms with Gasteiger partial charge in [-0.1, -0.05) is 12.1 Å². The van der Waals surface area contributed by atoms with E-state index in [1.807, 2.05) is 6.92 Å². The molecule has 0 aliphatic rings. The quantitative estimate of drug-likeness (QED) is 0.788. The molecular formula is C16H16N4S. The lowest BCUT2D eigenvalue weighted by Crippen LogP contribution is -2.08. The first kappa shape index (κ1) is 13.7. The molecule has 5 heteroatoms. The predicted octanol–water partition coefficient (Wildman–Crippen LogP) is 4.08. The summed E-state index contributed by atoms with van der Waals surface area (Å²) in [7, 11) is 0. The largest absolute Gasteiger partial charge is 0.377 e. The number of anilines is 1. The Balaban J connectivity index is 1.73. The Bertz CT molecular complexity index is 707. The zero-order valence-electron chi connectivity index (χ0n) is 11.9. The third-order valence-electron chi connectivity index (χ3n) is 3.21. The van der Waals surface area contributed by atoms with Gasteiger partial charge in [-0.25, -0.2) is 4.98 Å². The normalized spacial score (nSPS) is 12.1. The average molecular weight is 296 g/mol. The summed E-state index contributed by atoms with van der Waals surface area (Å²) in [5.74, 6) is 0. The fourth-order valence-corrected chi connectivity index (χ4v) is 2.71. The Morgan fingerprint density at radius 3 is 2.57 bits per heavy atom. The lowest BCUT2D eigenvalue weighted by Gasteiger charge is -2.14. The maximum atomic E-state index is 4.50. The van der Waals surface area contributed by atoms with E-state index in [2.05, 4.69) is 56.8 Å². The Kier molecular flexibility index (Phi) is 3.92. The first-order valence-corrected chi connectivity index (χ1v) is 7.65. The third kappa shape index (κ3) is 3.25. The van der Waals surface area contributed by atoms with Crippen LogP contribution in [0.2, 0.25) is 0 Å². The van der Waals surface area contributed by atoms with E-state index in [4.69, 9.17) is 0 Å². The Morgan fingerprint density at radius 1 is 1.14 bits per heavy atom. The van der Waals surface area contributed by atoms with Crippen LogP contribution in [0.5, 0.6) is 0 Å². The highest BCUT2D eigenvalue weighted by atomic mass is 32.1. The van der Waals surface area contributed by atoms with Crippen molar-refractivity contribution in [3.63, 3.8) is 0 Å². The molecule has 2 aromatic heterocycles. The van der Waals surface area contributed by atoms with Crippen LogP contribution in [0.3, 0.4) is 0 Å². The van der Waals surface area contributed by atoms with Crippen molar-refractivity contribution in [1.29, 1.82) is 0 Å². The van der Waals surface area contributed by atoms with Gasteiger partial charge in [-0.05, 0) is 26.0 Å². The van der Waals surface area contributed by atoms with E-state index in [0.717, 1.165) is 27.6 Å². The van der Waals surface area contributed by atoms with Crippen LogP contribution < -0.4 is 5.32 Å². The van der Waals surface area contributed by atoms with Crippen LogP contribution in [0.25, 0.3) is 11.3 Å². The summed E-state index contributed by atoms with van der Waals surface area (Å²) in [6.07, 6.45) is 5.17. The summed E-state index contributed by atoms with van der Waals surface area (Å²) < 4.78 is 0. The molecule has 0 fully saturated rings. The summed E-state index contributed by atoms with van der Waals surface area (Å²) in [5.41, 5.74) is 4.16. The van der Waals surface area contributed by atoms with E-state index >= 15 is 0 Å². The molecule has 3 rings (SSSR count). The molecular weight excluding hydrogens is 280 g/mol. The Labute approximate surface area is 127 Å². The first-order chi connectivity index (χ1) is 10.2. The highest BCUT2D eigenvalue weighted by molar-refractivity contribution is 7.09. The van der Waals surface area contributed by atoms with Gasteiger partial charge in [0.2, 0.25) is 0 Å². The second kappa shape index (κ2) is 6.01. The fraction of sp³-hybridized carbons (Fsp3) is 0.188. The third-order valence-corrected chi connectivity index (χ3v) is 3.98. The molecule has 106 valence electrons. The number of hydrogen-bond donors (Lipinski definition) is 1. The predicted molar refractivity (Wildman–Crippen MR) is 86.4 cm³/mol. The minimum absolute atomic E-state index is 0.117. The van der Waals surface area contributed by atoms with Gasteiger partial charge in [-0.2, -0.15) is 0 Å². The van der Waals surface area contributed by atoms with Gasteiger partial charge < -0.3 is 5.32 Å². The van der Waals surface area contributed by atoms with Crippen molar-refractivity contribution in [2.75, 3.05) is 5.32 Å². The van der Waals surface area contributed by atoms with Crippen LogP contribution >= 0.6 is 11.3 Å². The zero-order chi connectivity index (χ0) is 14.7. The molecule has 0 bridgehead atoms. The van der Waals surface area contributed by atoms with Crippen molar-refractivity contribution in [3.05, 3.63) is 58.9 Å². The maximum absolute atomic E-state index is 4.50. The van der Waals surface area contributed by atoms with Crippen molar-refractivity contribution < 1.29 is 0 Å². The number of nitrogens with one attached hydrogen (secondary N) is 1. The standard InChI is InChI=1S/C16H16N4S/c1-11(15-9-17-7-8-18-15)19-14-5-3-13(4-6-14)16-10-21-12(2)20-16/h3-11,19H,1-2H3. The van der Waals surface area contributed by atoms with Crippen LogP contribution in [0.4, 0.5) is 5.69 Å². The summed E-state index contributed by atoms with van der Waals surface area (Å²) in [6, 6.07) is 8.42. The molecule has 0 saturated carbocycles. The number of aromatic nitrogens is 3. The maximum Gasteiger partial charge on any atom is 0.0901 e. The molecule has 0 aliphatic carbocycles. The van der Waals surface area contributed by atoms with E-state index < -0.39 is 0 Å². The van der Waals surface area contributed by atoms with Crippen molar-refractivity contribution >= 4 is 17.0 Å². The average Bonchev–Trinajstić information content (AvgIpc) is 2.95. The monoisotopic (exact) mass is 296 g/mol. The van der Waals surface area contributed by atoms with Gasteiger partial charge >= 0.3 is 0 Å². The van der Waals surface area contributed by atoms with Crippen LogP contribution in [0.1, 0.15) is 23.7 Å². The van der Waals surface area contributed by atoms with Gasteiger partial charge in [0.1, 0.15) is 0 Å². The lowest BCUT2D eigenvalue weighted by atomic mass is 10.1. The van der Waals surface area contributed by atoms with Crippen molar-refractivity contribution in [3.8, 4) is 11.3 Å². The summed E-state index contributed by atoms with van der Waals surface area (Å²) >= 11 is 1.67. The number of nitrogens with zero attached hydrogens (tertiary/aromatic N) is 3. The number of rotatable bonds is 4. The first-order valence-electron chi connectivity index (χ1n) is 6.77. The Hall–Kier alpha value is -2.27. The highest BCUT2D eigenvalue weighted by Crippen LogP contribution is 2.24. The van der Waals surface area contributed by atoms with Gasteiger partial charge in [0, 0.05) is 29.0 Å². The molecule has 0 aliphatic heterocycles. The van der Waals surface area contributed by atoms with Crippen molar-refractivity contribution in [1.82, 2.24) is 15.0 Å². The van der Waals surface area contributed by atoms with Gasteiger partial charge in [0.25, 0.3) is 0 Å². The molecule has 4 nitrogen and oxygen atoms in total. The van der Waals surface area contributed by atoms with E-state index in [0.29, 0.717) is 0 Å². The second-order valence-corrected chi connectivity index (χ2v) is 5.89. The Morgan fingerprint density at radius 2 is 1.95 bits per heavy atom. The molecule has 0 amide bonds. The number of aryl methyl sites for hydroxylation is 1. The second-order valence-electron chi connectivity index (χ2n) is 4.83. The van der Waals surface area contributed by atoms with Crippen molar-refractivity contribution in [2.24, 2.45) is 0 Å². The summed E-state index contributed by atoms with van der Waals surface area (Å²) in [5, 5.41) is 6.59. The van der Waals surface area contributed by atoms with Gasteiger partial charge in [-0.15, -0.1) is 11.3 Å². The SMILES string of the molecule is Cc1nc(-c2ccc(NC(C)c3cnccn3)cc2)cs1. The smallest absolute Gasteiger partial charge is 0.0901 e. The molecule has 0 radical (unpaired) electrons. The molecule has 2 heterocycles. The molecule has 1 unspecified atom stereocenters. The van der Waals surface area contributed by atoms with Gasteiger partial charge in [0.05, 0.1) is 28.6 Å². The van der Waals surface area contributed by atoms with E-state index in [-0.39, 0.29) is 6.04 Å². The van der Waals surface area contributed by atoms with Crippen molar-refractivity contribution in [2.45, 2.75) is 19.9 Å². The van der Waals surface area contributed by atoms with Crippen LogP contribution in [-0.2, 0) is 0 Å². The molecule has 1 atom stereocenters. The summed E-state index contributed by atoms with van der Waals surface area (Å²) in [6.45, 7) is 4.09. The minimum Gasteiger partial charge on any atom is -0.377 e. The lowest BCUT2D eigenvalue weighted by molar-refractivity contribution is 0.827. The molecule has 3 aromatic rings. The molecule has 0 spiro atoms. The summed E-state index contributed by atoms with van der Waals surface area (Å²) in [4.78, 5) is 12.9. The molecule has 0 saturated heterocycles. The van der Waals surface area contributed by atoms with Gasteiger partial charge in [0.15, 0.2) is 0 Å². The van der Waals surface area contributed by atoms with Gasteiger partial charge in [-0.3, -0.25) is 9.97 Å². The topological polar surface area (TPSA) is 50.7 Å². The number of thiazole rings is 1. The zero-order valence-corrected chi connectivity index (χ0v) is 12.8. The highest BCUT2D eigenvalue weighted by Gasteiger charge is 2.07. The van der Waals surface area contributed by atoms with E-state index in [9.17, 15) is 0 Å². The van der Waals surface area contributed by atoms with Crippen LogP contribution in [0, 0.1) is 6.92 Å². The molecule has 21 heavy (non-hydrogen) atoms. The molecule has 1 N–H and O–H groups in total. The van der Waals surface area contributed by atoms with Crippen LogP contribution in [-0.4, -0.2) is 15.0 Å². The minimum atomic E-state index is 0.117. The van der Waals surface area contributed by atoms with Crippen LogP contribution in [0.15, 0.2) is 48.2 Å². The van der Waals surface area contributed by atoms with E-state index in [1.165, 1.54) is 0 Å². The number of benzene rings is 1. The van der Waals surface area contributed by atoms with E-state index in [1.54, 1.807) is 29.9 Å². The fourth-order valence-electron chi connectivity index (χ4n) is 2.09. The molecule has 1 aromatic carbocycles.